The number of hydrogen-bond acceptors (Lipinski definition) is 6. The van der Waals surface area contributed by atoms with E-state index in [9.17, 15) is 4.79 Å². The molecule has 8 heteroatoms. The summed E-state index contributed by atoms with van der Waals surface area (Å²) in [6, 6.07) is 0. The molecule has 2 aromatic rings. The van der Waals surface area contributed by atoms with Gasteiger partial charge in [-0.25, -0.2) is 9.97 Å². The van der Waals surface area contributed by atoms with Gasteiger partial charge in [0.2, 0.25) is 0 Å². The minimum atomic E-state index is -0.625. The first-order chi connectivity index (χ1) is 9.55. The van der Waals surface area contributed by atoms with Gasteiger partial charge in [0.1, 0.15) is 5.82 Å². The Morgan fingerprint density at radius 3 is 2.90 bits per heavy atom. The largest absolute Gasteiger partial charge is 0.491 e. The van der Waals surface area contributed by atoms with Crippen molar-refractivity contribution in [2.45, 2.75) is 13.3 Å². The average molecular weight is 276 g/mol. The van der Waals surface area contributed by atoms with Gasteiger partial charge < -0.3 is 15.8 Å². The third kappa shape index (κ3) is 2.68. The lowest BCUT2D eigenvalue weighted by atomic mass is 10.3. The van der Waals surface area contributed by atoms with E-state index in [1.165, 1.54) is 13.3 Å². The lowest BCUT2D eigenvalue weighted by Crippen LogP contribution is -2.17. The highest BCUT2D eigenvalue weighted by atomic mass is 16.5. The van der Waals surface area contributed by atoms with Crippen molar-refractivity contribution in [2.75, 3.05) is 12.4 Å². The van der Waals surface area contributed by atoms with E-state index < -0.39 is 5.91 Å². The van der Waals surface area contributed by atoms with E-state index in [0.29, 0.717) is 29.5 Å². The lowest BCUT2D eigenvalue weighted by Gasteiger charge is -2.09. The van der Waals surface area contributed by atoms with Crippen molar-refractivity contribution < 1.29 is 9.53 Å². The van der Waals surface area contributed by atoms with Gasteiger partial charge in [-0.05, 0) is 0 Å². The monoisotopic (exact) mass is 276 g/mol. The van der Waals surface area contributed by atoms with Gasteiger partial charge in [0.15, 0.2) is 17.3 Å². The number of primary amides is 1. The topological polar surface area (TPSA) is 108 Å². The molecule has 2 heterocycles. The second-order valence-corrected chi connectivity index (χ2v) is 4.11. The fraction of sp³-hybridized carbons (Fsp3) is 0.333. The molecule has 0 radical (unpaired) electrons. The number of anilines is 2. The van der Waals surface area contributed by atoms with Gasteiger partial charge in [-0.1, -0.05) is 6.92 Å². The summed E-state index contributed by atoms with van der Waals surface area (Å²) in [4.78, 5) is 19.7. The smallest absolute Gasteiger partial charge is 0.269 e. The van der Waals surface area contributed by atoms with Gasteiger partial charge in [0, 0.05) is 13.5 Å². The van der Waals surface area contributed by atoms with Gasteiger partial charge in [0.25, 0.3) is 5.91 Å². The van der Waals surface area contributed by atoms with Gasteiger partial charge in [-0.15, -0.1) is 0 Å². The second-order valence-electron chi connectivity index (χ2n) is 4.11. The second kappa shape index (κ2) is 5.55. The summed E-state index contributed by atoms with van der Waals surface area (Å²) < 4.78 is 6.77. The fourth-order valence-corrected chi connectivity index (χ4v) is 1.70. The predicted octanol–water partition coefficient (Wildman–Crippen LogP) is 0.624. The molecular weight excluding hydrogens is 260 g/mol. The van der Waals surface area contributed by atoms with E-state index in [1.54, 1.807) is 17.9 Å². The van der Waals surface area contributed by atoms with E-state index in [4.69, 9.17) is 10.5 Å². The van der Waals surface area contributed by atoms with Crippen LogP contribution >= 0.6 is 0 Å². The van der Waals surface area contributed by atoms with Crippen molar-refractivity contribution in [3.05, 3.63) is 23.9 Å². The first-order valence-electron chi connectivity index (χ1n) is 6.05. The molecule has 8 nitrogen and oxygen atoms in total. The number of nitrogens with two attached hydrogens (primary N) is 1. The number of aryl methyl sites for hydroxylation is 2. The Labute approximate surface area is 116 Å². The van der Waals surface area contributed by atoms with Crippen molar-refractivity contribution in [1.29, 1.82) is 0 Å². The maximum atomic E-state index is 11.5. The van der Waals surface area contributed by atoms with Gasteiger partial charge in [-0.3, -0.25) is 9.48 Å². The van der Waals surface area contributed by atoms with Crippen LogP contribution in [0.15, 0.2) is 12.4 Å². The van der Waals surface area contributed by atoms with Crippen LogP contribution in [0.4, 0.5) is 11.5 Å². The molecule has 0 fully saturated rings. The van der Waals surface area contributed by atoms with Crippen LogP contribution in [0.1, 0.15) is 23.2 Å². The Hall–Kier alpha value is -2.64. The molecule has 1 amide bonds. The first kappa shape index (κ1) is 13.8. The number of hydrogen-bond donors (Lipinski definition) is 2. The molecule has 0 bridgehead atoms. The molecule has 0 spiro atoms. The maximum absolute atomic E-state index is 11.5. The molecule has 20 heavy (non-hydrogen) atoms. The molecule has 0 aliphatic heterocycles. The van der Waals surface area contributed by atoms with E-state index in [1.807, 2.05) is 6.92 Å². The maximum Gasteiger partial charge on any atom is 0.269 e. The third-order valence-corrected chi connectivity index (χ3v) is 2.66. The summed E-state index contributed by atoms with van der Waals surface area (Å²) in [5, 5.41) is 7.16. The molecule has 0 aliphatic carbocycles. The number of amides is 1. The van der Waals surface area contributed by atoms with Gasteiger partial charge >= 0.3 is 0 Å². The molecule has 0 saturated carbocycles. The van der Waals surface area contributed by atoms with Crippen LogP contribution in [0.2, 0.25) is 0 Å². The Balaban J connectivity index is 2.39. The number of nitrogens with one attached hydrogen (secondary N) is 1. The number of carbonyl (C=O) groups excluding carboxylic acids is 1. The Kier molecular flexibility index (Phi) is 3.83. The van der Waals surface area contributed by atoms with Crippen molar-refractivity contribution in [3.8, 4) is 5.75 Å². The van der Waals surface area contributed by atoms with E-state index in [2.05, 4.69) is 20.4 Å². The molecule has 0 saturated heterocycles. The number of rotatable bonds is 5. The van der Waals surface area contributed by atoms with Crippen molar-refractivity contribution in [2.24, 2.45) is 12.8 Å². The first-order valence-corrected chi connectivity index (χ1v) is 6.05. The molecular formula is C12H16N6O2. The van der Waals surface area contributed by atoms with Crippen LogP contribution in [0.3, 0.4) is 0 Å². The summed E-state index contributed by atoms with van der Waals surface area (Å²) in [5.41, 5.74) is 5.87. The molecule has 0 aliphatic rings. The molecule has 106 valence electrons. The van der Waals surface area contributed by atoms with Crippen molar-refractivity contribution >= 4 is 17.4 Å². The summed E-state index contributed by atoms with van der Waals surface area (Å²) in [5.74, 6) is 0.935. The zero-order valence-electron chi connectivity index (χ0n) is 11.5. The zero-order valence-corrected chi connectivity index (χ0v) is 11.5. The Bertz CT molecular complexity index is 637. The van der Waals surface area contributed by atoms with Gasteiger partial charge in [0.05, 0.1) is 25.2 Å². The normalized spacial score (nSPS) is 10.3. The van der Waals surface area contributed by atoms with Crippen molar-refractivity contribution in [1.82, 2.24) is 19.7 Å². The quantitative estimate of drug-likeness (QED) is 0.829. The van der Waals surface area contributed by atoms with Crippen molar-refractivity contribution in [3.63, 3.8) is 0 Å². The number of nitrogens with zero attached hydrogens (tertiary/aromatic N) is 4. The van der Waals surface area contributed by atoms with E-state index in [-0.39, 0.29) is 5.69 Å². The SMILES string of the molecule is CCc1ncc(Nc2nn(C)cc2OC)c(C(N)=O)n1. The van der Waals surface area contributed by atoms with Crippen LogP contribution in [-0.4, -0.2) is 32.8 Å². The number of carbonyl (C=O) groups is 1. The minimum Gasteiger partial charge on any atom is -0.491 e. The Morgan fingerprint density at radius 2 is 2.30 bits per heavy atom. The summed E-state index contributed by atoms with van der Waals surface area (Å²) >= 11 is 0. The van der Waals surface area contributed by atoms with Crippen LogP contribution in [-0.2, 0) is 13.5 Å². The van der Waals surface area contributed by atoms with Crippen LogP contribution in [0.25, 0.3) is 0 Å². The van der Waals surface area contributed by atoms with Crippen LogP contribution < -0.4 is 15.8 Å². The molecule has 3 N–H and O–H groups in total. The van der Waals surface area contributed by atoms with Crippen LogP contribution in [0, 0.1) is 0 Å². The average Bonchev–Trinajstić information content (AvgIpc) is 2.79. The summed E-state index contributed by atoms with van der Waals surface area (Å²) in [7, 11) is 3.30. The van der Waals surface area contributed by atoms with Crippen LogP contribution in [0.5, 0.6) is 5.75 Å². The molecule has 0 aromatic carbocycles. The number of aromatic nitrogens is 4. The molecule has 2 rings (SSSR count). The molecule has 2 aromatic heterocycles. The predicted molar refractivity (Wildman–Crippen MR) is 73.0 cm³/mol. The number of methoxy groups -OCH3 is 1. The van der Waals surface area contributed by atoms with Gasteiger partial charge in [-0.2, -0.15) is 5.10 Å². The highest BCUT2D eigenvalue weighted by Gasteiger charge is 2.15. The lowest BCUT2D eigenvalue weighted by molar-refractivity contribution is 0.0996. The molecule has 0 unspecified atom stereocenters. The highest BCUT2D eigenvalue weighted by Crippen LogP contribution is 2.26. The molecule has 0 atom stereocenters. The summed E-state index contributed by atoms with van der Waals surface area (Å²) in [6.07, 6.45) is 3.83. The van der Waals surface area contributed by atoms with E-state index >= 15 is 0 Å². The summed E-state index contributed by atoms with van der Waals surface area (Å²) in [6.45, 7) is 1.90. The zero-order chi connectivity index (χ0) is 14.7. The standard InChI is InChI=1S/C12H16N6O2/c1-4-9-14-5-7(10(16-9)11(13)19)15-12-8(20-3)6-18(2)17-12/h5-6H,4H2,1-3H3,(H2,13,19)(H,15,17). The number of ether oxygens (including phenoxy) is 1. The minimum absolute atomic E-state index is 0.129. The fourth-order valence-electron chi connectivity index (χ4n) is 1.70. The highest BCUT2D eigenvalue weighted by molar-refractivity contribution is 5.97. The third-order valence-electron chi connectivity index (χ3n) is 2.66. The Morgan fingerprint density at radius 1 is 1.55 bits per heavy atom. The van der Waals surface area contributed by atoms with E-state index in [0.717, 1.165) is 0 Å².